The van der Waals surface area contributed by atoms with Gasteiger partial charge in [-0.15, -0.1) is 0 Å². The fourth-order valence-corrected chi connectivity index (χ4v) is 3.49. The molecule has 1 unspecified atom stereocenters. The first-order valence-corrected chi connectivity index (χ1v) is 10.6. The van der Waals surface area contributed by atoms with Gasteiger partial charge in [0.05, 0.1) is 18.7 Å². The highest BCUT2D eigenvalue weighted by Crippen LogP contribution is 2.26. The highest BCUT2D eigenvalue weighted by molar-refractivity contribution is 6.05. The van der Waals surface area contributed by atoms with Crippen LogP contribution in [0.2, 0.25) is 0 Å². The monoisotopic (exact) mass is 460 g/mol. The number of methoxy groups -OCH3 is 1. The molecule has 0 aromatic heterocycles. The lowest BCUT2D eigenvalue weighted by atomic mass is 9.94. The molecule has 9 heteroatoms. The van der Waals surface area contributed by atoms with Crippen LogP contribution in [0.25, 0.3) is 0 Å². The number of aliphatic imine (C=N–C) groups is 1. The van der Waals surface area contributed by atoms with Crippen LogP contribution in [0.15, 0.2) is 71.7 Å². The van der Waals surface area contributed by atoms with E-state index in [-0.39, 0.29) is 11.7 Å². The van der Waals surface area contributed by atoms with E-state index in [0.29, 0.717) is 46.9 Å². The van der Waals surface area contributed by atoms with Crippen molar-refractivity contribution in [2.75, 3.05) is 24.7 Å². The van der Waals surface area contributed by atoms with Crippen molar-refractivity contribution in [3.63, 3.8) is 0 Å². The van der Waals surface area contributed by atoms with Gasteiger partial charge < -0.3 is 33.0 Å². The minimum Gasteiger partial charge on any atom is -0.497 e. The third-order valence-corrected chi connectivity index (χ3v) is 5.25. The molecule has 0 heterocycles. The van der Waals surface area contributed by atoms with Crippen LogP contribution in [0.5, 0.6) is 5.75 Å². The summed E-state index contributed by atoms with van der Waals surface area (Å²) in [5.74, 6) is -0.473. The molecule has 0 saturated heterocycles. The predicted octanol–water partition coefficient (Wildman–Crippen LogP) is 2.48. The molecule has 3 aromatic carbocycles. The van der Waals surface area contributed by atoms with Crippen LogP contribution in [0.4, 0.5) is 17.1 Å². The van der Waals surface area contributed by atoms with Crippen LogP contribution in [0, 0.1) is 0 Å². The summed E-state index contributed by atoms with van der Waals surface area (Å²) in [6.07, 6.45) is 0.459. The maximum absolute atomic E-state index is 13.1. The third-order valence-electron chi connectivity index (χ3n) is 5.25. The molecule has 0 saturated carbocycles. The van der Waals surface area contributed by atoms with Gasteiger partial charge in [0.2, 0.25) is 11.8 Å². The second-order valence-corrected chi connectivity index (χ2v) is 7.61. The fraction of sp³-hybridized carbons (Fsp3) is 0.160. The number of rotatable bonds is 9. The lowest BCUT2D eigenvalue weighted by molar-refractivity contribution is -0.117. The maximum Gasteiger partial charge on any atom is 0.248 e. The Morgan fingerprint density at radius 1 is 1.03 bits per heavy atom. The molecule has 0 aliphatic carbocycles. The summed E-state index contributed by atoms with van der Waals surface area (Å²) in [6, 6.07) is 18.8. The molecule has 0 spiro atoms. The summed E-state index contributed by atoms with van der Waals surface area (Å²) in [5.41, 5.74) is 26.3. The van der Waals surface area contributed by atoms with Crippen molar-refractivity contribution in [2.45, 2.75) is 12.3 Å². The first-order chi connectivity index (χ1) is 16.3. The van der Waals surface area contributed by atoms with Gasteiger partial charge in [0, 0.05) is 22.5 Å². The van der Waals surface area contributed by atoms with Gasteiger partial charge in [0.15, 0.2) is 0 Å². The molecule has 1 atom stereocenters. The van der Waals surface area contributed by atoms with E-state index in [1.54, 1.807) is 43.5 Å². The number of amidine groups is 1. The molecule has 3 rings (SSSR count). The summed E-state index contributed by atoms with van der Waals surface area (Å²) in [5, 5.41) is 2.91. The minimum atomic E-state index is -0.567. The zero-order chi connectivity index (χ0) is 24.7. The topological polar surface area (TPSA) is 172 Å². The first-order valence-electron chi connectivity index (χ1n) is 10.6. The molecule has 0 aliphatic rings. The maximum atomic E-state index is 13.1. The highest BCUT2D eigenvalue weighted by atomic mass is 16.5. The van der Waals surface area contributed by atoms with Crippen molar-refractivity contribution in [2.24, 2.45) is 22.2 Å². The standard InChI is InChI=1S/C25H28N6O3/c1-34-19-7-3-4-15(13-19)20(10-11-26)25(33)31-18-8-9-22(27)21(14-18)23(28)30-17-6-2-5-16(12-17)24(29)32/h2-9,12-14,20H,10-11,26-27H2,1H3,(H2,28,30)(H2,29,32)(H,31,33). The zero-order valence-electron chi connectivity index (χ0n) is 18.8. The van der Waals surface area contributed by atoms with Crippen molar-refractivity contribution in [3.8, 4) is 5.75 Å². The molecule has 176 valence electrons. The number of hydrogen-bond acceptors (Lipinski definition) is 6. The van der Waals surface area contributed by atoms with E-state index in [2.05, 4.69) is 10.3 Å². The lowest BCUT2D eigenvalue weighted by Crippen LogP contribution is -2.24. The van der Waals surface area contributed by atoms with Crippen LogP contribution < -0.4 is 33.0 Å². The van der Waals surface area contributed by atoms with Crippen molar-refractivity contribution < 1.29 is 14.3 Å². The molecule has 2 amide bonds. The Labute approximate surface area is 197 Å². The number of nitrogens with zero attached hydrogens (tertiary/aromatic N) is 1. The van der Waals surface area contributed by atoms with Crippen molar-refractivity contribution in [1.29, 1.82) is 0 Å². The fourth-order valence-electron chi connectivity index (χ4n) is 3.49. The van der Waals surface area contributed by atoms with Gasteiger partial charge in [-0.1, -0.05) is 18.2 Å². The van der Waals surface area contributed by atoms with Crippen molar-refractivity contribution >= 4 is 34.7 Å². The second-order valence-electron chi connectivity index (χ2n) is 7.61. The molecule has 9 N–H and O–H groups in total. The molecule has 0 bridgehead atoms. The number of benzene rings is 3. The van der Waals surface area contributed by atoms with E-state index >= 15 is 0 Å². The van der Waals surface area contributed by atoms with E-state index in [1.165, 1.54) is 6.07 Å². The number of carbonyl (C=O) groups is 2. The van der Waals surface area contributed by atoms with E-state index in [4.69, 9.17) is 27.7 Å². The minimum absolute atomic E-state index is 0.126. The van der Waals surface area contributed by atoms with E-state index in [0.717, 1.165) is 5.56 Å². The third kappa shape index (κ3) is 5.90. The van der Waals surface area contributed by atoms with Crippen LogP contribution in [0.1, 0.15) is 33.8 Å². The Balaban J connectivity index is 1.86. The summed E-state index contributed by atoms with van der Waals surface area (Å²) >= 11 is 0. The van der Waals surface area contributed by atoms with Gasteiger partial charge in [0.25, 0.3) is 0 Å². The van der Waals surface area contributed by atoms with E-state index < -0.39 is 11.8 Å². The SMILES string of the molecule is COc1cccc(C(CCN)C(=O)Nc2ccc(N)c(C(N)=Nc3cccc(C(N)=O)c3)c2)c1. The number of amides is 2. The Kier molecular flexibility index (Phi) is 7.83. The van der Waals surface area contributed by atoms with Crippen molar-refractivity contribution in [1.82, 2.24) is 0 Å². The van der Waals surface area contributed by atoms with E-state index in [9.17, 15) is 9.59 Å². The summed E-state index contributed by atoms with van der Waals surface area (Å²) in [4.78, 5) is 28.9. The molecule has 3 aromatic rings. The van der Waals surface area contributed by atoms with Crippen LogP contribution in [-0.4, -0.2) is 31.3 Å². The van der Waals surface area contributed by atoms with Crippen LogP contribution in [0.3, 0.4) is 0 Å². The molecule has 0 fully saturated rings. The normalized spacial score (nSPS) is 12.1. The van der Waals surface area contributed by atoms with Gasteiger partial charge in [-0.05, 0) is 67.1 Å². The molecule has 9 nitrogen and oxygen atoms in total. The van der Waals surface area contributed by atoms with Gasteiger partial charge in [-0.25, -0.2) is 4.99 Å². The lowest BCUT2D eigenvalue weighted by Gasteiger charge is -2.18. The number of primary amides is 1. The summed E-state index contributed by atoms with van der Waals surface area (Å²) in [7, 11) is 1.57. The Bertz CT molecular complexity index is 1220. The Morgan fingerprint density at radius 2 is 1.79 bits per heavy atom. The Morgan fingerprint density at radius 3 is 2.50 bits per heavy atom. The summed E-state index contributed by atoms with van der Waals surface area (Å²) in [6.45, 7) is 0.340. The van der Waals surface area contributed by atoms with Gasteiger partial charge >= 0.3 is 0 Å². The largest absolute Gasteiger partial charge is 0.497 e. The molecular weight excluding hydrogens is 432 g/mol. The number of anilines is 2. The van der Waals surface area contributed by atoms with Crippen LogP contribution in [-0.2, 0) is 4.79 Å². The molecular formula is C25H28N6O3. The quantitative estimate of drug-likeness (QED) is 0.186. The average Bonchev–Trinajstić information content (AvgIpc) is 2.83. The summed E-state index contributed by atoms with van der Waals surface area (Å²) < 4.78 is 5.28. The zero-order valence-corrected chi connectivity index (χ0v) is 18.8. The van der Waals surface area contributed by atoms with Gasteiger partial charge in [-0.3, -0.25) is 9.59 Å². The second kappa shape index (κ2) is 11.0. The molecule has 0 aliphatic heterocycles. The molecule has 34 heavy (non-hydrogen) atoms. The number of nitrogens with one attached hydrogen (secondary N) is 1. The Hall–Kier alpha value is -4.37. The number of hydrogen-bond donors (Lipinski definition) is 5. The number of nitrogens with two attached hydrogens (primary N) is 4. The smallest absolute Gasteiger partial charge is 0.248 e. The van der Waals surface area contributed by atoms with Gasteiger partial charge in [0.1, 0.15) is 11.6 Å². The first kappa shape index (κ1) is 24.3. The van der Waals surface area contributed by atoms with E-state index in [1.807, 2.05) is 24.3 Å². The van der Waals surface area contributed by atoms with Gasteiger partial charge in [-0.2, -0.15) is 0 Å². The highest BCUT2D eigenvalue weighted by Gasteiger charge is 2.21. The molecule has 0 radical (unpaired) electrons. The van der Waals surface area contributed by atoms with Crippen LogP contribution >= 0.6 is 0 Å². The number of ether oxygens (including phenoxy) is 1. The number of nitrogen functional groups attached to an aromatic ring is 1. The average molecular weight is 461 g/mol. The predicted molar refractivity (Wildman–Crippen MR) is 134 cm³/mol. The number of carbonyl (C=O) groups excluding carboxylic acids is 2. The van der Waals surface area contributed by atoms with Crippen molar-refractivity contribution in [3.05, 3.63) is 83.4 Å².